The second-order valence-electron chi connectivity index (χ2n) is 11.0. The zero-order valence-electron chi connectivity index (χ0n) is 23.2. The molecule has 0 bridgehead atoms. The lowest BCUT2D eigenvalue weighted by atomic mass is 10.0. The molecule has 0 radical (unpaired) electrons. The van der Waals surface area contributed by atoms with Gasteiger partial charge >= 0.3 is 0 Å². The summed E-state index contributed by atoms with van der Waals surface area (Å²) in [6, 6.07) is 20.3. The van der Waals surface area contributed by atoms with Gasteiger partial charge in [0.1, 0.15) is 17.6 Å². The fourth-order valence-corrected chi connectivity index (χ4v) is 6.67. The van der Waals surface area contributed by atoms with Gasteiger partial charge < -0.3 is 15.5 Å². The van der Waals surface area contributed by atoms with E-state index in [0.717, 1.165) is 30.9 Å². The number of hydrogen-bond acceptors (Lipinski definition) is 7. The third-order valence-electron chi connectivity index (χ3n) is 8.48. The van der Waals surface area contributed by atoms with Crippen LogP contribution in [0.1, 0.15) is 35.8 Å². The molecule has 3 aromatic carbocycles. The summed E-state index contributed by atoms with van der Waals surface area (Å²) in [5.74, 6) is 0.722. The van der Waals surface area contributed by atoms with E-state index in [1.54, 1.807) is 6.07 Å². The Labute approximate surface area is 258 Å². The highest BCUT2D eigenvalue weighted by Crippen LogP contribution is 2.54. The molecule has 1 saturated carbocycles. The monoisotopic (exact) mass is 612 g/mol. The molecule has 0 spiro atoms. The van der Waals surface area contributed by atoms with Gasteiger partial charge in [-0.1, -0.05) is 65.7 Å². The Balaban J connectivity index is 1.25. The summed E-state index contributed by atoms with van der Waals surface area (Å²) < 4.78 is 15.9. The molecule has 0 amide bonds. The first kappa shape index (κ1) is 27.6. The molecule has 8 nitrogen and oxygen atoms in total. The van der Waals surface area contributed by atoms with E-state index in [-0.39, 0.29) is 11.1 Å². The van der Waals surface area contributed by atoms with Gasteiger partial charge in [0, 0.05) is 47.9 Å². The standard InChI is InChI=1S/C32H27Cl2FN8/c1-2-42-15-23-24(16-42)32(23)43-17-28(40-41-43)30(18-6-4-3-5-7-18)39-21-10-22-29(38-20-8-9-27(35)25(33)11-20)19(13-36)14-37-31(22)26(34)12-21/h3-12,14,17,23-24,30,32,39H,2,15-16H2,1H3,(H,37,38). The Bertz CT molecular complexity index is 1860. The first-order valence-corrected chi connectivity index (χ1v) is 14.9. The molecule has 2 aliphatic rings. The lowest BCUT2D eigenvalue weighted by Crippen LogP contribution is -2.24. The van der Waals surface area contributed by atoms with E-state index in [9.17, 15) is 9.65 Å². The van der Waals surface area contributed by atoms with E-state index in [1.807, 2.05) is 53.3 Å². The van der Waals surface area contributed by atoms with Gasteiger partial charge in [-0.2, -0.15) is 5.26 Å². The average Bonchev–Trinajstić information content (AvgIpc) is 3.33. The molecular formula is C32H27Cl2FN8. The van der Waals surface area contributed by atoms with E-state index in [4.69, 9.17) is 23.2 Å². The zero-order valence-corrected chi connectivity index (χ0v) is 24.7. The number of benzene rings is 3. The fourth-order valence-electron chi connectivity index (χ4n) is 6.22. The predicted molar refractivity (Wildman–Crippen MR) is 166 cm³/mol. The molecule has 216 valence electrons. The first-order chi connectivity index (χ1) is 20.9. The molecule has 1 saturated heterocycles. The summed E-state index contributed by atoms with van der Waals surface area (Å²) in [4.78, 5) is 6.94. The first-order valence-electron chi connectivity index (χ1n) is 14.1. The number of anilines is 3. The van der Waals surface area contributed by atoms with Crippen molar-refractivity contribution in [2.24, 2.45) is 11.8 Å². The van der Waals surface area contributed by atoms with Crippen LogP contribution in [-0.2, 0) is 0 Å². The van der Waals surface area contributed by atoms with Crippen LogP contribution in [0.15, 0.2) is 73.1 Å². The highest BCUT2D eigenvalue weighted by molar-refractivity contribution is 6.36. The molecule has 1 aliphatic heterocycles. The smallest absolute Gasteiger partial charge is 0.141 e. The van der Waals surface area contributed by atoms with Gasteiger partial charge in [-0.05, 0) is 42.4 Å². The third kappa shape index (κ3) is 5.16. The normalized spacial score (nSPS) is 20.0. The van der Waals surface area contributed by atoms with E-state index in [0.29, 0.717) is 56.4 Å². The Hall–Kier alpha value is -4.23. The molecule has 11 heteroatoms. The number of halogens is 3. The van der Waals surface area contributed by atoms with Gasteiger partial charge in [-0.3, -0.25) is 4.98 Å². The molecule has 3 unspecified atom stereocenters. The van der Waals surface area contributed by atoms with Crippen LogP contribution < -0.4 is 10.6 Å². The van der Waals surface area contributed by atoms with Gasteiger partial charge in [0.2, 0.25) is 0 Å². The Morgan fingerprint density at radius 3 is 2.53 bits per heavy atom. The van der Waals surface area contributed by atoms with Crippen LogP contribution in [0.5, 0.6) is 0 Å². The quantitative estimate of drug-likeness (QED) is 0.191. The Kier molecular flexibility index (Phi) is 7.14. The number of pyridine rings is 1. The van der Waals surface area contributed by atoms with Crippen LogP contribution in [-0.4, -0.2) is 44.5 Å². The summed E-state index contributed by atoms with van der Waals surface area (Å²) in [6.45, 7) is 5.50. The van der Waals surface area contributed by atoms with Crippen molar-refractivity contribution in [3.8, 4) is 6.07 Å². The summed E-state index contributed by atoms with van der Waals surface area (Å²) in [7, 11) is 0. The maximum absolute atomic E-state index is 13.8. The minimum absolute atomic E-state index is 0.0291. The van der Waals surface area contributed by atoms with Crippen LogP contribution in [0.2, 0.25) is 10.0 Å². The van der Waals surface area contributed by atoms with E-state index in [2.05, 4.69) is 43.8 Å². The summed E-state index contributed by atoms with van der Waals surface area (Å²) in [5.41, 5.74) is 4.36. The van der Waals surface area contributed by atoms with Crippen molar-refractivity contribution in [3.05, 3.63) is 106 Å². The largest absolute Gasteiger partial charge is 0.373 e. The molecule has 3 heterocycles. The second-order valence-corrected chi connectivity index (χ2v) is 11.9. The van der Waals surface area contributed by atoms with Crippen LogP contribution in [0, 0.1) is 29.0 Å². The average molecular weight is 614 g/mol. The molecule has 1 aliphatic carbocycles. The number of nitriles is 1. The molecule has 2 N–H and O–H groups in total. The summed E-state index contributed by atoms with van der Waals surface area (Å²) >= 11 is 12.8. The van der Waals surface area contributed by atoms with Gasteiger partial charge in [-0.15, -0.1) is 5.10 Å². The second kappa shape index (κ2) is 11.1. The fraction of sp³-hybridized carbons (Fsp3) is 0.250. The Morgan fingerprint density at radius 2 is 1.81 bits per heavy atom. The van der Waals surface area contributed by atoms with Gasteiger partial charge in [0.25, 0.3) is 0 Å². The van der Waals surface area contributed by atoms with Crippen LogP contribution in [0.4, 0.5) is 21.5 Å². The minimum Gasteiger partial charge on any atom is -0.373 e. The van der Waals surface area contributed by atoms with Crippen molar-refractivity contribution in [3.63, 3.8) is 0 Å². The number of aromatic nitrogens is 4. The molecule has 43 heavy (non-hydrogen) atoms. The van der Waals surface area contributed by atoms with Crippen molar-refractivity contribution in [1.82, 2.24) is 24.9 Å². The number of hydrogen-bond donors (Lipinski definition) is 2. The molecular weight excluding hydrogens is 586 g/mol. The zero-order chi connectivity index (χ0) is 29.7. The molecule has 7 rings (SSSR count). The maximum atomic E-state index is 13.8. The summed E-state index contributed by atoms with van der Waals surface area (Å²) in [5, 5.41) is 26.9. The van der Waals surface area contributed by atoms with Crippen molar-refractivity contribution in [2.75, 3.05) is 30.3 Å². The minimum atomic E-state index is -0.529. The van der Waals surface area contributed by atoms with Crippen LogP contribution >= 0.6 is 23.2 Å². The van der Waals surface area contributed by atoms with Crippen molar-refractivity contribution in [1.29, 1.82) is 5.26 Å². The van der Waals surface area contributed by atoms with E-state index in [1.165, 1.54) is 18.3 Å². The molecule has 3 atom stereocenters. The highest BCUT2D eigenvalue weighted by atomic mass is 35.5. The van der Waals surface area contributed by atoms with Crippen LogP contribution in [0.25, 0.3) is 10.9 Å². The lowest BCUT2D eigenvalue weighted by molar-refractivity contribution is 0.293. The lowest BCUT2D eigenvalue weighted by Gasteiger charge is -2.20. The maximum Gasteiger partial charge on any atom is 0.141 e. The van der Waals surface area contributed by atoms with Crippen molar-refractivity contribution >= 4 is 51.2 Å². The number of rotatable bonds is 8. The molecule has 2 fully saturated rings. The third-order valence-corrected chi connectivity index (χ3v) is 9.06. The van der Waals surface area contributed by atoms with E-state index < -0.39 is 5.82 Å². The number of piperidine rings is 1. The predicted octanol–water partition coefficient (Wildman–Crippen LogP) is 7.21. The number of likely N-dealkylation sites (tertiary alicyclic amines) is 1. The van der Waals surface area contributed by atoms with Crippen molar-refractivity contribution in [2.45, 2.75) is 19.0 Å². The number of fused-ring (bicyclic) bond motifs is 2. The van der Waals surface area contributed by atoms with Crippen molar-refractivity contribution < 1.29 is 4.39 Å². The van der Waals surface area contributed by atoms with E-state index >= 15 is 0 Å². The van der Waals surface area contributed by atoms with Gasteiger partial charge in [-0.25, -0.2) is 9.07 Å². The van der Waals surface area contributed by atoms with Crippen LogP contribution in [0.3, 0.4) is 0 Å². The SMILES string of the molecule is CCN1CC2C(C1)C2n1cc(C(Nc2cc(Cl)c3ncc(C#N)c(Nc4ccc(F)c(Cl)c4)c3c2)c2ccccc2)nn1. The van der Waals surface area contributed by atoms with Gasteiger partial charge in [0.05, 0.1) is 45.1 Å². The molecule has 5 aromatic rings. The molecule has 2 aromatic heterocycles. The van der Waals surface area contributed by atoms with Gasteiger partial charge in [0.15, 0.2) is 0 Å². The Morgan fingerprint density at radius 1 is 1.05 bits per heavy atom. The number of nitrogens with zero attached hydrogens (tertiary/aromatic N) is 6. The summed E-state index contributed by atoms with van der Waals surface area (Å²) in [6.07, 6.45) is 3.51. The number of nitrogens with one attached hydrogen (secondary N) is 2. The highest BCUT2D eigenvalue weighted by Gasteiger charge is 2.57. The topological polar surface area (TPSA) is 94.7 Å².